The molecule has 27 heavy (non-hydrogen) atoms. The predicted molar refractivity (Wildman–Crippen MR) is 107 cm³/mol. The first-order valence-electron chi connectivity index (χ1n) is 8.65. The molecule has 2 N–H and O–H groups in total. The van der Waals surface area contributed by atoms with Crippen LogP contribution in [0.4, 0.5) is 11.4 Å². The lowest BCUT2D eigenvalue weighted by molar-refractivity contribution is 0.0926. The van der Waals surface area contributed by atoms with E-state index in [0.717, 1.165) is 24.1 Å². The molecule has 5 heteroatoms. The normalized spacial score (nSPS) is 13.1. The Morgan fingerprint density at radius 1 is 0.778 bits per heavy atom. The van der Waals surface area contributed by atoms with Crippen molar-refractivity contribution >= 4 is 34.8 Å². The summed E-state index contributed by atoms with van der Waals surface area (Å²) in [4.78, 5) is 26.5. The second kappa shape index (κ2) is 6.89. The van der Waals surface area contributed by atoms with Crippen molar-refractivity contribution in [3.05, 3.63) is 94.0 Å². The van der Waals surface area contributed by atoms with Gasteiger partial charge in [0.25, 0.3) is 11.8 Å². The van der Waals surface area contributed by atoms with Crippen molar-refractivity contribution in [1.82, 2.24) is 0 Å². The van der Waals surface area contributed by atoms with Crippen molar-refractivity contribution in [3.8, 4) is 0 Å². The SMILES string of the molecule is Nc1ccc(CCc2ccc(N3C(=O)c4cccc(Cl)c4C3=O)cc2)cc1. The van der Waals surface area contributed by atoms with Crippen LogP contribution >= 0.6 is 11.6 Å². The van der Waals surface area contributed by atoms with E-state index in [9.17, 15) is 9.59 Å². The van der Waals surface area contributed by atoms with Crippen molar-refractivity contribution in [2.24, 2.45) is 0 Å². The van der Waals surface area contributed by atoms with E-state index >= 15 is 0 Å². The van der Waals surface area contributed by atoms with Crippen LogP contribution < -0.4 is 10.6 Å². The largest absolute Gasteiger partial charge is 0.399 e. The number of fused-ring (bicyclic) bond motifs is 1. The Morgan fingerprint density at radius 3 is 1.96 bits per heavy atom. The summed E-state index contributed by atoms with van der Waals surface area (Å²) in [6, 6.07) is 20.2. The molecule has 3 aromatic rings. The van der Waals surface area contributed by atoms with Gasteiger partial charge in [-0.2, -0.15) is 0 Å². The number of rotatable bonds is 4. The van der Waals surface area contributed by atoms with E-state index in [0.29, 0.717) is 16.3 Å². The molecule has 134 valence electrons. The topological polar surface area (TPSA) is 63.4 Å². The van der Waals surface area contributed by atoms with Gasteiger partial charge in [0.15, 0.2) is 0 Å². The second-order valence-corrected chi connectivity index (χ2v) is 6.92. The summed E-state index contributed by atoms with van der Waals surface area (Å²) >= 11 is 6.11. The molecule has 3 aromatic carbocycles. The third-order valence-electron chi connectivity index (χ3n) is 4.74. The van der Waals surface area contributed by atoms with Gasteiger partial charge in [-0.1, -0.05) is 41.9 Å². The molecule has 0 radical (unpaired) electrons. The molecule has 1 aliphatic rings. The number of benzene rings is 3. The molecule has 0 fully saturated rings. The Kier molecular flexibility index (Phi) is 4.42. The smallest absolute Gasteiger partial charge is 0.267 e. The molecule has 4 rings (SSSR count). The number of nitrogens with two attached hydrogens (primary N) is 1. The fraction of sp³-hybridized carbons (Fsp3) is 0.0909. The molecule has 2 amide bonds. The number of carbonyl (C=O) groups is 2. The molecule has 0 atom stereocenters. The van der Waals surface area contributed by atoms with E-state index in [1.807, 2.05) is 36.4 Å². The molecule has 0 spiro atoms. The molecule has 1 aliphatic heterocycles. The van der Waals surface area contributed by atoms with Gasteiger partial charge in [0.1, 0.15) is 0 Å². The number of amides is 2. The number of nitrogens with zero attached hydrogens (tertiary/aromatic N) is 1. The van der Waals surface area contributed by atoms with Crippen molar-refractivity contribution in [2.75, 3.05) is 10.6 Å². The van der Waals surface area contributed by atoms with Gasteiger partial charge >= 0.3 is 0 Å². The Bertz CT molecular complexity index is 1030. The molecule has 0 bridgehead atoms. The van der Waals surface area contributed by atoms with Gasteiger partial charge in [0, 0.05) is 5.69 Å². The maximum Gasteiger partial charge on any atom is 0.267 e. The van der Waals surface area contributed by atoms with Crippen LogP contribution in [0.5, 0.6) is 0 Å². The summed E-state index contributed by atoms with van der Waals surface area (Å²) in [7, 11) is 0. The van der Waals surface area contributed by atoms with Gasteiger partial charge in [-0.05, 0) is 60.4 Å². The Hall–Kier alpha value is -3.11. The average Bonchev–Trinajstić information content (AvgIpc) is 2.93. The summed E-state index contributed by atoms with van der Waals surface area (Å²) in [6.45, 7) is 0. The van der Waals surface area contributed by atoms with Crippen LogP contribution in [0.1, 0.15) is 31.8 Å². The van der Waals surface area contributed by atoms with Crippen LogP contribution in [-0.4, -0.2) is 11.8 Å². The minimum absolute atomic E-state index is 0.275. The molecular formula is C22H17ClN2O2. The monoisotopic (exact) mass is 376 g/mol. The number of anilines is 2. The third-order valence-corrected chi connectivity index (χ3v) is 5.06. The maximum atomic E-state index is 12.7. The van der Waals surface area contributed by atoms with Crippen LogP contribution in [0.15, 0.2) is 66.7 Å². The number of nitrogen functional groups attached to an aromatic ring is 1. The highest BCUT2D eigenvalue weighted by Gasteiger charge is 2.38. The maximum absolute atomic E-state index is 12.7. The average molecular weight is 377 g/mol. The molecule has 0 aromatic heterocycles. The summed E-state index contributed by atoms with van der Waals surface area (Å²) in [5.74, 6) is -0.720. The summed E-state index contributed by atoms with van der Waals surface area (Å²) < 4.78 is 0. The van der Waals surface area contributed by atoms with Crippen molar-refractivity contribution in [1.29, 1.82) is 0 Å². The van der Waals surface area contributed by atoms with Crippen molar-refractivity contribution in [3.63, 3.8) is 0 Å². The zero-order chi connectivity index (χ0) is 19.0. The second-order valence-electron chi connectivity index (χ2n) is 6.52. The van der Waals surface area contributed by atoms with Gasteiger partial charge < -0.3 is 5.73 Å². The zero-order valence-electron chi connectivity index (χ0n) is 14.5. The molecule has 0 unspecified atom stereocenters. The number of carbonyl (C=O) groups excluding carboxylic acids is 2. The van der Waals surface area contributed by atoms with Crippen molar-refractivity contribution in [2.45, 2.75) is 12.8 Å². The highest BCUT2D eigenvalue weighted by atomic mass is 35.5. The Morgan fingerprint density at radius 2 is 1.37 bits per heavy atom. The first kappa shape index (κ1) is 17.3. The first-order chi connectivity index (χ1) is 13.0. The molecule has 4 nitrogen and oxygen atoms in total. The predicted octanol–water partition coefficient (Wildman–Crippen LogP) is 4.51. The van der Waals surface area contributed by atoms with Gasteiger partial charge in [-0.3, -0.25) is 9.59 Å². The van der Waals surface area contributed by atoms with Gasteiger partial charge in [0.2, 0.25) is 0 Å². The van der Waals surface area contributed by atoms with Crippen LogP contribution in [0.3, 0.4) is 0 Å². The van der Waals surface area contributed by atoms with Crippen LogP contribution in [0.25, 0.3) is 0 Å². The highest BCUT2D eigenvalue weighted by molar-refractivity contribution is 6.42. The fourth-order valence-corrected chi connectivity index (χ4v) is 3.52. The number of hydrogen-bond acceptors (Lipinski definition) is 3. The van der Waals surface area contributed by atoms with E-state index in [-0.39, 0.29) is 17.4 Å². The molecular weight excluding hydrogens is 360 g/mol. The lowest BCUT2D eigenvalue weighted by Crippen LogP contribution is -2.29. The number of halogens is 1. The number of imide groups is 1. The van der Waals surface area contributed by atoms with Crippen molar-refractivity contribution < 1.29 is 9.59 Å². The quantitative estimate of drug-likeness (QED) is 0.538. The Balaban J connectivity index is 1.51. The zero-order valence-corrected chi connectivity index (χ0v) is 15.2. The molecule has 0 aliphatic carbocycles. The highest BCUT2D eigenvalue weighted by Crippen LogP contribution is 2.32. The van der Waals surface area contributed by atoms with Gasteiger partial charge in [-0.15, -0.1) is 0 Å². The molecule has 0 saturated carbocycles. The number of hydrogen-bond donors (Lipinski definition) is 1. The Labute approximate surface area is 162 Å². The molecule has 1 heterocycles. The first-order valence-corrected chi connectivity index (χ1v) is 9.03. The van der Waals surface area contributed by atoms with Crippen LogP contribution in [-0.2, 0) is 12.8 Å². The number of aryl methyl sites for hydroxylation is 2. The van der Waals surface area contributed by atoms with Gasteiger partial charge in [-0.25, -0.2) is 4.90 Å². The van der Waals surface area contributed by atoms with Gasteiger partial charge in [0.05, 0.1) is 21.8 Å². The standard InChI is InChI=1S/C22H17ClN2O2/c23-19-3-1-2-18-20(19)22(27)25(21(18)26)17-12-8-15(9-13-17)5-4-14-6-10-16(24)11-7-14/h1-3,6-13H,4-5,24H2. The third kappa shape index (κ3) is 3.20. The fourth-order valence-electron chi connectivity index (χ4n) is 3.26. The van der Waals surface area contributed by atoms with Crippen LogP contribution in [0.2, 0.25) is 5.02 Å². The lowest BCUT2D eigenvalue weighted by atomic mass is 10.0. The van der Waals surface area contributed by atoms with Crippen LogP contribution in [0, 0.1) is 0 Å². The summed E-state index contributed by atoms with van der Waals surface area (Å²) in [5, 5.41) is 0.300. The van der Waals surface area contributed by atoms with E-state index in [2.05, 4.69) is 0 Å². The van der Waals surface area contributed by atoms with E-state index in [1.165, 1.54) is 10.5 Å². The summed E-state index contributed by atoms with van der Waals surface area (Å²) in [5.41, 5.74) is 9.97. The molecule has 0 saturated heterocycles. The minimum atomic E-state index is -0.379. The lowest BCUT2D eigenvalue weighted by Gasteiger charge is -2.14. The minimum Gasteiger partial charge on any atom is -0.399 e. The van der Waals surface area contributed by atoms with E-state index in [4.69, 9.17) is 17.3 Å². The summed E-state index contributed by atoms with van der Waals surface area (Å²) in [6.07, 6.45) is 1.75. The van der Waals surface area contributed by atoms with E-state index < -0.39 is 0 Å². The van der Waals surface area contributed by atoms with E-state index in [1.54, 1.807) is 30.3 Å².